The standard InChI is InChI=1S/C36H33NO8S/c1-22-12-18-26(19-13-22)46-36-29(37-33(38)27-10-6-7-11-28(27)34(37)39)30(43-21-24-14-16-25(42-2)17-15-24)31(32(45-36)35(40)41)44-20-23-8-4-3-5-9-23/h3-19,29-32,36H,20-21H2,1-2H3,(H,40,41)/t29-,30-,31+,32+,36+/m1/s1. The molecule has 10 heteroatoms. The summed E-state index contributed by atoms with van der Waals surface area (Å²) in [5.74, 6) is -1.58. The van der Waals surface area contributed by atoms with Crippen molar-refractivity contribution in [3.8, 4) is 5.75 Å². The summed E-state index contributed by atoms with van der Waals surface area (Å²) >= 11 is 1.24. The Labute approximate surface area is 271 Å². The molecule has 9 nitrogen and oxygen atoms in total. The molecule has 1 fully saturated rings. The second kappa shape index (κ2) is 13.9. The zero-order valence-corrected chi connectivity index (χ0v) is 26.1. The first-order chi connectivity index (χ1) is 22.3. The van der Waals surface area contributed by atoms with Gasteiger partial charge in [0.1, 0.15) is 29.4 Å². The maximum absolute atomic E-state index is 14.0. The lowest BCUT2D eigenvalue weighted by Crippen LogP contribution is -2.66. The highest BCUT2D eigenvalue weighted by molar-refractivity contribution is 7.99. The average molecular weight is 640 g/mol. The lowest BCUT2D eigenvalue weighted by atomic mass is 9.95. The Hall–Kier alpha value is -4.48. The molecular weight excluding hydrogens is 606 g/mol. The van der Waals surface area contributed by atoms with E-state index in [9.17, 15) is 19.5 Å². The van der Waals surface area contributed by atoms with Gasteiger partial charge in [0.15, 0.2) is 6.10 Å². The van der Waals surface area contributed by atoms with Gasteiger partial charge < -0.3 is 24.1 Å². The monoisotopic (exact) mass is 639 g/mol. The van der Waals surface area contributed by atoms with Gasteiger partial charge in [0.05, 0.1) is 31.5 Å². The van der Waals surface area contributed by atoms with Gasteiger partial charge in [0.2, 0.25) is 0 Å². The molecule has 0 aromatic heterocycles. The topological polar surface area (TPSA) is 112 Å². The van der Waals surface area contributed by atoms with Crippen molar-refractivity contribution in [3.63, 3.8) is 0 Å². The molecule has 0 radical (unpaired) electrons. The van der Waals surface area contributed by atoms with E-state index in [1.54, 1.807) is 43.5 Å². The van der Waals surface area contributed by atoms with E-state index in [-0.39, 0.29) is 24.3 Å². The molecule has 2 aliphatic rings. The van der Waals surface area contributed by atoms with Crippen LogP contribution < -0.4 is 4.74 Å². The van der Waals surface area contributed by atoms with Crippen LogP contribution in [0.3, 0.4) is 0 Å². The number of aliphatic carboxylic acids is 1. The fraction of sp³-hybridized carbons (Fsp3) is 0.250. The molecule has 4 aromatic rings. The van der Waals surface area contributed by atoms with E-state index < -0.39 is 47.6 Å². The third-order valence-electron chi connectivity index (χ3n) is 8.05. The van der Waals surface area contributed by atoms with E-state index >= 15 is 0 Å². The molecule has 0 saturated carbocycles. The Morgan fingerprint density at radius 1 is 0.783 bits per heavy atom. The van der Waals surface area contributed by atoms with Gasteiger partial charge >= 0.3 is 5.97 Å². The number of benzene rings is 4. The third kappa shape index (κ3) is 6.56. The molecule has 2 amide bonds. The molecule has 0 unspecified atom stereocenters. The third-order valence-corrected chi connectivity index (χ3v) is 9.21. The molecule has 236 valence electrons. The second-order valence-electron chi connectivity index (χ2n) is 11.1. The summed E-state index contributed by atoms with van der Waals surface area (Å²) in [4.78, 5) is 42.7. The summed E-state index contributed by atoms with van der Waals surface area (Å²) in [5, 5.41) is 10.5. The van der Waals surface area contributed by atoms with Crippen molar-refractivity contribution in [1.82, 2.24) is 4.90 Å². The van der Waals surface area contributed by atoms with Gasteiger partial charge in [-0.2, -0.15) is 0 Å². The number of fused-ring (bicyclic) bond motifs is 1. The normalized spacial score (nSPS) is 22.5. The molecule has 6 rings (SSSR count). The largest absolute Gasteiger partial charge is 0.497 e. The van der Waals surface area contributed by atoms with Crippen molar-refractivity contribution in [1.29, 1.82) is 0 Å². The Kier molecular flexibility index (Phi) is 9.51. The molecule has 0 aliphatic carbocycles. The summed E-state index contributed by atoms with van der Waals surface area (Å²) in [6.45, 7) is 2.07. The number of aryl methyl sites for hydroxylation is 1. The van der Waals surface area contributed by atoms with Crippen molar-refractivity contribution in [2.24, 2.45) is 0 Å². The molecule has 1 saturated heterocycles. The SMILES string of the molecule is COc1ccc(CO[C@H]2[C@H](OCc3ccccc3)[C@@H](C(=O)O)O[C@@H](Sc3ccc(C)cc3)[C@@H]2N2C(=O)c3ccccc3C2=O)cc1. The van der Waals surface area contributed by atoms with Crippen LogP contribution in [0.2, 0.25) is 0 Å². The minimum atomic E-state index is -1.46. The van der Waals surface area contributed by atoms with Gasteiger partial charge in [0.25, 0.3) is 11.8 Å². The number of carboxylic acids is 1. The number of carbonyl (C=O) groups is 3. The van der Waals surface area contributed by atoms with E-state index in [0.717, 1.165) is 26.5 Å². The number of hydrogen-bond donors (Lipinski definition) is 1. The summed E-state index contributed by atoms with van der Waals surface area (Å²) in [6.07, 6.45) is -3.72. The van der Waals surface area contributed by atoms with Crippen LogP contribution in [0.15, 0.2) is 108 Å². The number of amides is 2. The summed E-state index contributed by atoms with van der Waals surface area (Å²) < 4.78 is 24.5. The average Bonchev–Trinajstić information content (AvgIpc) is 3.33. The molecule has 4 aromatic carbocycles. The van der Waals surface area contributed by atoms with Gasteiger partial charge in [0, 0.05) is 4.90 Å². The number of carbonyl (C=O) groups excluding carboxylic acids is 2. The number of thioether (sulfide) groups is 1. The van der Waals surface area contributed by atoms with E-state index in [2.05, 4.69) is 0 Å². The minimum absolute atomic E-state index is 0.0494. The lowest BCUT2D eigenvalue weighted by Gasteiger charge is -2.47. The molecule has 2 aliphatic heterocycles. The second-order valence-corrected chi connectivity index (χ2v) is 12.3. The van der Waals surface area contributed by atoms with Crippen LogP contribution in [0.5, 0.6) is 5.75 Å². The highest BCUT2D eigenvalue weighted by Crippen LogP contribution is 2.41. The summed E-state index contributed by atoms with van der Waals surface area (Å²) in [7, 11) is 1.58. The number of carboxylic acid groups (broad SMARTS) is 1. The Morgan fingerprint density at radius 2 is 1.35 bits per heavy atom. The number of imide groups is 1. The summed E-state index contributed by atoms with van der Waals surface area (Å²) in [5.41, 5.74) is 2.18. The predicted molar refractivity (Wildman–Crippen MR) is 171 cm³/mol. The summed E-state index contributed by atoms with van der Waals surface area (Å²) in [6, 6.07) is 29.8. The first-order valence-corrected chi connectivity index (χ1v) is 15.7. The van der Waals surface area contributed by atoms with Crippen molar-refractivity contribution < 1.29 is 38.4 Å². The van der Waals surface area contributed by atoms with Crippen molar-refractivity contribution in [2.75, 3.05) is 7.11 Å². The van der Waals surface area contributed by atoms with Crippen molar-refractivity contribution in [3.05, 3.63) is 131 Å². The molecule has 46 heavy (non-hydrogen) atoms. The van der Waals surface area contributed by atoms with E-state index in [0.29, 0.717) is 5.75 Å². The van der Waals surface area contributed by atoms with Crippen LogP contribution in [0, 0.1) is 6.92 Å². The van der Waals surface area contributed by atoms with Gasteiger partial charge in [-0.15, -0.1) is 0 Å². The van der Waals surface area contributed by atoms with Crippen molar-refractivity contribution >= 4 is 29.5 Å². The van der Waals surface area contributed by atoms with Crippen LogP contribution in [-0.2, 0) is 32.2 Å². The molecule has 1 N–H and O–H groups in total. The maximum atomic E-state index is 14.0. The number of ether oxygens (including phenoxy) is 4. The highest BCUT2D eigenvalue weighted by Gasteiger charge is 2.56. The molecule has 0 spiro atoms. The maximum Gasteiger partial charge on any atom is 0.335 e. The van der Waals surface area contributed by atoms with E-state index in [1.807, 2.05) is 73.7 Å². The quantitative estimate of drug-likeness (QED) is 0.205. The fourth-order valence-electron chi connectivity index (χ4n) is 5.67. The molecule has 2 heterocycles. The highest BCUT2D eigenvalue weighted by atomic mass is 32.2. The Morgan fingerprint density at radius 3 is 1.93 bits per heavy atom. The molecular formula is C36H33NO8S. The Balaban J connectivity index is 1.43. The minimum Gasteiger partial charge on any atom is -0.497 e. The van der Waals surface area contributed by atoms with Crippen LogP contribution >= 0.6 is 11.8 Å². The molecule has 0 bridgehead atoms. The first kappa shape index (κ1) is 31.5. The van der Waals surface area contributed by atoms with E-state index in [1.165, 1.54) is 11.8 Å². The van der Waals surface area contributed by atoms with Crippen LogP contribution in [-0.4, -0.2) is 64.7 Å². The van der Waals surface area contributed by atoms with Crippen molar-refractivity contribution in [2.45, 2.75) is 54.8 Å². The Bertz CT molecular complexity index is 1660. The van der Waals surface area contributed by atoms with Gasteiger partial charge in [-0.05, 0) is 54.4 Å². The number of methoxy groups -OCH3 is 1. The van der Waals surface area contributed by atoms with Gasteiger partial charge in [-0.3, -0.25) is 14.5 Å². The van der Waals surface area contributed by atoms with Crippen LogP contribution in [0.1, 0.15) is 37.4 Å². The van der Waals surface area contributed by atoms with Gasteiger partial charge in [-0.1, -0.05) is 84.1 Å². The zero-order chi connectivity index (χ0) is 32.2. The number of rotatable bonds is 11. The number of nitrogens with zero attached hydrogens (tertiary/aromatic N) is 1. The van der Waals surface area contributed by atoms with E-state index in [4.69, 9.17) is 18.9 Å². The van der Waals surface area contributed by atoms with Crippen LogP contribution in [0.25, 0.3) is 0 Å². The van der Waals surface area contributed by atoms with Crippen LogP contribution in [0.4, 0.5) is 0 Å². The smallest absolute Gasteiger partial charge is 0.335 e. The molecule has 5 atom stereocenters. The number of hydrogen-bond acceptors (Lipinski definition) is 8. The first-order valence-electron chi connectivity index (χ1n) is 14.8. The van der Waals surface area contributed by atoms with Gasteiger partial charge in [-0.25, -0.2) is 4.79 Å². The predicted octanol–water partition coefficient (Wildman–Crippen LogP) is 5.74. The zero-order valence-electron chi connectivity index (χ0n) is 25.3. The lowest BCUT2D eigenvalue weighted by molar-refractivity contribution is -0.219. The fourth-order valence-corrected chi connectivity index (χ4v) is 6.83.